The number of halogens is 1. The van der Waals surface area contributed by atoms with Gasteiger partial charge in [0, 0.05) is 63.5 Å². The molecular formula is C54H49FN8O6S2. The Bertz CT molecular complexity index is 3240. The van der Waals surface area contributed by atoms with Gasteiger partial charge < -0.3 is 31.2 Å². The van der Waals surface area contributed by atoms with Gasteiger partial charge in [0.25, 0.3) is 0 Å². The molecule has 17 heteroatoms. The van der Waals surface area contributed by atoms with Gasteiger partial charge in [-0.05, 0) is 127 Å². The molecule has 0 spiro atoms. The number of fused-ring (bicyclic) bond motifs is 2. The molecular weight excluding hydrogens is 940 g/mol. The molecule has 10 rings (SSSR count). The minimum atomic E-state index is -0.750. The lowest BCUT2D eigenvalue weighted by Crippen LogP contribution is -2.04. The predicted octanol–water partition coefficient (Wildman–Crippen LogP) is 10.8. The molecule has 6 aromatic carbocycles. The van der Waals surface area contributed by atoms with E-state index >= 15 is 0 Å². The lowest BCUT2D eigenvalue weighted by atomic mass is 10.00. The summed E-state index contributed by atoms with van der Waals surface area (Å²) in [5, 5.41) is 10.3. The zero-order valence-electron chi connectivity index (χ0n) is 39.1. The van der Waals surface area contributed by atoms with Gasteiger partial charge in [-0.1, -0.05) is 60.7 Å². The van der Waals surface area contributed by atoms with E-state index in [0.29, 0.717) is 18.8 Å². The number of ether oxygens (including phenoxy) is 2. The molecule has 0 aliphatic carbocycles. The standard InChI is InChI=1S/C27H24N4O.C20H16FN3.C7H9NO.2O2S/c1-18-6-5-7-21(14-18)30-22-11-10-20-17-29-27(23(20)16-22)19-12-13-28-26(15-19)31-24-8-3-4-9-25(24)32-2;1-13-3-2-4-16(9-13)24-17-6-5-15-12-23-20(18(15)11-17)14-7-8-22-19(21)10-14;1-9-7-5-3-2-4-6(7)8;2*1-3-2/h3-16,30H,17H2,1-2H3,(H,28,31);2-11,24H,12H2,1H3;2-5H,8H2,1H3;;. The first-order valence-corrected chi connectivity index (χ1v) is 23.1. The highest BCUT2D eigenvalue weighted by atomic mass is 32.1. The normalized spacial score (nSPS) is 11.2. The largest absolute Gasteiger partial charge is 0.495 e. The van der Waals surface area contributed by atoms with E-state index in [2.05, 4.69) is 111 Å². The Morgan fingerprint density at radius 3 is 1.49 bits per heavy atom. The Labute approximate surface area is 418 Å². The quantitative estimate of drug-likeness (QED) is 0.0748. The van der Waals surface area contributed by atoms with Crippen LogP contribution < -0.4 is 31.2 Å². The number of pyridine rings is 2. The first kappa shape index (κ1) is 51.7. The summed E-state index contributed by atoms with van der Waals surface area (Å²) in [4.78, 5) is 17.5. The van der Waals surface area contributed by atoms with Crippen LogP contribution in [0.25, 0.3) is 0 Å². The molecule has 4 heterocycles. The summed E-state index contributed by atoms with van der Waals surface area (Å²) in [6.07, 6.45) is 3.28. The topological polar surface area (TPSA) is 199 Å². The summed E-state index contributed by atoms with van der Waals surface area (Å²) < 4.78 is 57.0. The van der Waals surface area contributed by atoms with E-state index < -0.39 is 29.1 Å². The minimum Gasteiger partial charge on any atom is -0.495 e. The van der Waals surface area contributed by atoms with E-state index in [0.717, 1.165) is 85.0 Å². The molecule has 0 saturated heterocycles. The van der Waals surface area contributed by atoms with E-state index in [1.165, 1.54) is 29.0 Å². The van der Waals surface area contributed by atoms with Crippen LogP contribution in [0.2, 0.25) is 0 Å². The van der Waals surface area contributed by atoms with Crippen LogP contribution in [0.4, 0.5) is 44.3 Å². The first-order chi connectivity index (χ1) is 34.5. The molecule has 2 aliphatic heterocycles. The summed E-state index contributed by atoms with van der Waals surface area (Å²) in [5.41, 5.74) is 21.8. The number of nitrogens with two attached hydrogens (primary N) is 1. The van der Waals surface area contributed by atoms with Crippen molar-refractivity contribution in [3.05, 3.63) is 221 Å². The molecule has 0 saturated carbocycles. The van der Waals surface area contributed by atoms with Crippen molar-refractivity contribution in [3.63, 3.8) is 0 Å². The smallest absolute Gasteiger partial charge is 0.335 e. The molecule has 71 heavy (non-hydrogen) atoms. The Balaban J connectivity index is 0.000000185. The van der Waals surface area contributed by atoms with E-state index in [-0.39, 0.29) is 0 Å². The fourth-order valence-corrected chi connectivity index (χ4v) is 7.54. The zero-order chi connectivity index (χ0) is 50.5. The van der Waals surface area contributed by atoms with Crippen LogP contribution in [-0.2, 0) is 36.2 Å². The van der Waals surface area contributed by atoms with Crippen LogP contribution in [0.1, 0.15) is 44.5 Å². The molecule has 2 aliphatic rings. The van der Waals surface area contributed by atoms with Gasteiger partial charge in [0.15, 0.2) is 0 Å². The molecule has 5 N–H and O–H groups in total. The van der Waals surface area contributed by atoms with Gasteiger partial charge >= 0.3 is 23.1 Å². The molecule has 0 bridgehead atoms. The fourth-order valence-electron chi connectivity index (χ4n) is 7.54. The summed E-state index contributed by atoms with van der Waals surface area (Å²) >= 11 is -1.50. The summed E-state index contributed by atoms with van der Waals surface area (Å²) in [7, 11) is 3.27. The number of nitrogens with zero attached hydrogens (tertiary/aromatic N) is 4. The molecule has 0 fully saturated rings. The monoisotopic (exact) mass is 988 g/mol. The van der Waals surface area contributed by atoms with Crippen molar-refractivity contribution < 1.29 is 30.7 Å². The van der Waals surface area contributed by atoms with Gasteiger partial charge in [0.1, 0.15) is 17.3 Å². The average Bonchev–Trinajstić information content (AvgIpc) is 4.00. The number of hydrogen-bond acceptors (Lipinski definition) is 14. The Kier molecular flexibility index (Phi) is 19.1. The predicted molar refractivity (Wildman–Crippen MR) is 280 cm³/mol. The van der Waals surface area contributed by atoms with Crippen LogP contribution in [-0.4, -0.2) is 52.4 Å². The second kappa shape index (κ2) is 26.2. The number of hydrogen-bond donors (Lipinski definition) is 4. The first-order valence-electron chi connectivity index (χ1n) is 21.8. The third-order valence-electron chi connectivity index (χ3n) is 10.7. The van der Waals surface area contributed by atoms with Crippen LogP contribution in [0.15, 0.2) is 180 Å². The molecule has 0 unspecified atom stereocenters. The number of methoxy groups -OCH3 is 2. The van der Waals surface area contributed by atoms with Gasteiger partial charge in [-0.25, -0.2) is 9.97 Å². The van der Waals surface area contributed by atoms with Crippen molar-refractivity contribution in [3.8, 4) is 11.5 Å². The van der Waals surface area contributed by atoms with Gasteiger partial charge in [-0.2, -0.15) is 21.2 Å². The van der Waals surface area contributed by atoms with Gasteiger partial charge in [-0.3, -0.25) is 9.98 Å². The highest BCUT2D eigenvalue weighted by Gasteiger charge is 2.20. The van der Waals surface area contributed by atoms with E-state index in [9.17, 15) is 4.39 Å². The van der Waals surface area contributed by atoms with Crippen molar-refractivity contribution >= 4 is 74.5 Å². The van der Waals surface area contributed by atoms with Crippen molar-refractivity contribution in [2.24, 2.45) is 9.98 Å². The van der Waals surface area contributed by atoms with Crippen LogP contribution in [0.5, 0.6) is 11.5 Å². The number of rotatable bonds is 10. The summed E-state index contributed by atoms with van der Waals surface area (Å²) in [5.74, 6) is 1.77. The number of anilines is 7. The molecule has 14 nitrogen and oxygen atoms in total. The van der Waals surface area contributed by atoms with E-state index in [1.807, 2.05) is 79.0 Å². The summed E-state index contributed by atoms with van der Waals surface area (Å²) in [6.45, 7) is 5.47. The highest BCUT2D eigenvalue weighted by molar-refractivity contribution is 7.52. The van der Waals surface area contributed by atoms with Gasteiger partial charge in [0.05, 0.1) is 50.1 Å². The van der Waals surface area contributed by atoms with Crippen molar-refractivity contribution in [2.75, 3.05) is 35.9 Å². The average molecular weight is 989 g/mol. The number of aliphatic imine (C=N–C) groups is 2. The Hall–Kier alpha value is -8.67. The maximum Gasteiger partial charge on any atom is 0.335 e. The van der Waals surface area contributed by atoms with Crippen molar-refractivity contribution in [1.29, 1.82) is 0 Å². The zero-order valence-corrected chi connectivity index (χ0v) is 40.7. The second-order valence-corrected chi connectivity index (χ2v) is 15.8. The number of aryl methyl sites for hydroxylation is 2. The van der Waals surface area contributed by atoms with Gasteiger partial charge in [-0.15, -0.1) is 0 Å². The molecule has 0 radical (unpaired) electrons. The molecule has 8 aromatic rings. The van der Waals surface area contributed by atoms with Crippen LogP contribution in [0.3, 0.4) is 0 Å². The highest BCUT2D eigenvalue weighted by Crippen LogP contribution is 2.31. The number of aromatic nitrogens is 2. The summed E-state index contributed by atoms with van der Waals surface area (Å²) in [6, 6.07) is 51.7. The Morgan fingerprint density at radius 1 is 0.521 bits per heavy atom. The number of para-hydroxylation sites is 4. The van der Waals surface area contributed by atoms with E-state index in [1.54, 1.807) is 26.4 Å². The third-order valence-corrected chi connectivity index (χ3v) is 10.7. The number of nitrogen functional groups attached to an aromatic ring is 1. The maximum absolute atomic E-state index is 13.4. The Morgan fingerprint density at radius 2 is 1.00 bits per heavy atom. The number of benzene rings is 6. The van der Waals surface area contributed by atoms with Crippen molar-refractivity contribution in [2.45, 2.75) is 26.9 Å². The second-order valence-electron chi connectivity index (χ2n) is 15.6. The maximum atomic E-state index is 13.4. The molecule has 2 aromatic heterocycles. The van der Waals surface area contributed by atoms with Crippen molar-refractivity contribution in [1.82, 2.24) is 9.97 Å². The third kappa shape index (κ3) is 14.7. The molecule has 0 amide bonds. The van der Waals surface area contributed by atoms with Gasteiger partial charge in [0.2, 0.25) is 5.95 Å². The van der Waals surface area contributed by atoms with Crippen LogP contribution in [0, 0.1) is 19.8 Å². The fraction of sp³-hybridized carbons (Fsp3) is 0.111. The van der Waals surface area contributed by atoms with E-state index in [4.69, 9.17) is 37.0 Å². The SMILES string of the molecule is COc1ccccc1N.COc1ccccc1Nc1cc(C2=NCc3ccc(Nc4cccc(C)c4)cc32)ccn1.Cc1cccc(Nc2ccc3c(c2)C(c2ccnc(F)c2)=NC3)c1.O=S=O.O=S=O. The minimum absolute atomic E-state index is 0.488. The molecule has 360 valence electrons. The van der Waals surface area contributed by atoms with Crippen LogP contribution >= 0.6 is 0 Å². The lowest BCUT2D eigenvalue weighted by Gasteiger charge is -2.12. The lowest BCUT2D eigenvalue weighted by molar-refractivity contribution is 0.417. The molecule has 0 atom stereocenters. The number of nitrogens with one attached hydrogen (secondary N) is 3.